The molecule has 0 saturated carbocycles. The first-order chi connectivity index (χ1) is 12.8. The van der Waals surface area contributed by atoms with Crippen LogP contribution >= 0.6 is 0 Å². The second kappa shape index (κ2) is 9.29. The van der Waals surface area contributed by atoms with E-state index >= 15 is 0 Å². The van der Waals surface area contributed by atoms with Crippen molar-refractivity contribution in [2.24, 2.45) is 0 Å². The molecule has 1 amide bonds. The van der Waals surface area contributed by atoms with Gasteiger partial charge in [-0.25, -0.2) is 13.1 Å². The Morgan fingerprint density at radius 2 is 1.89 bits per heavy atom. The number of benzene rings is 1. The molecule has 0 atom stereocenters. The summed E-state index contributed by atoms with van der Waals surface area (Å²) in [6.45, 7) is 3.66. The van der Waals surface area contributed by atoms with E-state index in [1.165, 1.54) is 6.08 Å². The Hall–Kier alpha value is -2.71. The maximum atomic E-state index is 11.9. The fraction of sp³-hybridized carbons (Fsp3) is 0.263. The van der Waals surface area contributed by atoms with E-state index < -0.39 is 10.0 Å². The van der Waals surface area contributed by atoms with Gasteiger partial charge in [-0.3, -0.25) is 9.59 Å². The van der Waals surface area contributed by atoms with Crippen LogP contribution in [0.1, 0.15) is 28.8 Å². The van der Waals surface area contributed by atoms with Gasteiger partial charge in [0, 0.05) is 36.2 Å². The smallest absolute Gasteiger partial charge is 0.253 e. The van der Waals surface area contributed by atoms with Crippen LogP contribution in [-0.4, -0.2) is 25.9 Å². The molecular weight excluding hydrogens is 366 g/mol. The van der Waals surface area contributed by atoms with Gasteiger partial charge in [0.25, 0.3) is 5.56 Å². The van der Waals surface area contributed by atoms with Crippen LogP contribution in [0.4, 0.5) is 0 Å². The Balaban J connectivity index is 1.80. The molecule has 144 valence electrons. The van der Waals surface area contributed by atoms with Gasteiger partial charge in [0.1, 0.15) is 0 Å². The Bertz CT molecular complexity index is 980. The molecule has 1 heterocycles. The molecular formula is C19H23N3O4S. The number of hydrogen-bond donors (Lipinski definition) is 3. The van der Waals surface area contributed by atoms with E-state index in [1.807, 2.05) is 24.3 Å². The van der Waals surface area contributed by atoms with E-state index in [0.29, 0.717) is 5.56 Å². The fourth-order valence-electron chi connectivity index (χ4n) is 2.46. The summed E-state index contributed by atoms with van der Waals surface area (Å²) in [4.78, 5) is 26.5. The topological polar surface area (TPSA) is 108 Å². The number of carbonyl (C=O) groups excluding carboxylic acids is 1. The van der Waals surface area contributed by atoms with Crippen molar-refractivity contribution in [1.29, 1.82) is 0 Å². The highest BCUT2D eigenvalue weighted by Crippen LogP contribution is 2.04. The molecule has 0 spiro atoms. The molecule has 3 N–H and O–H groups in total. The predicted octanol–water partition coefficient (Wildman–Crippen LogP) is 1.59. The van der Waals surface area contributed by atoms with Crippen LogP contribution in [-0.2, 0) is 21.4 Å². The van der Waals surface area contributed by atoms with E-state index in [2.05, 4.69) is 15.0 Å². The molecule has 0 bridgehead atoms. The second-order valence-corrected chi connectivity index (χ2v) is 7.77. The molecule has 0 aliphatic heterocycles. The minimum Gasteiger partial charge on any atom is -0.352 e. The molecule has 0 fully saturated rings. The minimum absolute atomic E-state index is 0.0266. The van der Waals surface area contributed by atoms with Gasteiger partial charge >= 0.3 is 0 Å². The van der Waals surface area contributed by atoms with Crippen LogP contribution in [0.15, 0.2) is 46.6 Å². The Labute approximate surface area is 158 Å². The summed E-state index contributed by atoms with van der Waals surface area (Å²) in [6, 6.07) is 10.9. The lowest BCUT2D eigenvalue weighted by Crippen LogP contribution is -2.31. The molecule has 2 aromatic rings. The van der Waals surface area contributed by atoms with Crippen LogP contribution < -0.4 is 15.6 Å². The highest BCUT2D eigenvalue weighted by atomic mass is 32.2. The number of aromatic amines is 1. The summed E-state index contributed by atoms with van der Waals surface area (Å²) in [5.74, 6) is -0.343. The highest BCUT2D eigenvalue weighted by molar-refractivity contribution is 7.92. The highest BCUT2D eigenvalue weighted by Gasteiger charge is 2.09. The zero-order chi connectivity index (χ0) is 19.9. The van der Waals surface area contributed by atoms with E-state index in [4.69, 9.17) is 0 Å². The summed E-state index contributed by atoms with van der Waals surface area (Å²) in [7, 11) is -3.63. The number of carbonyl (C=O) groups is 1. The average molecular weight is 389 g/mol. The van der Waals surface area contributed by atoms with Crippen LogP contribution in [0.3, 0.4) is 0 Å². The normalized spacial score (nSPS) is 11.6. The molecule has 27 heavy (non-hydrogen) atoms. The van der Waals surface area contributed by atoms with Gasteiger partial charge in [0.05, 0.1) is 0 Å². The summed E-state index contributed by atoms with van der Waals surface area (Å²) in [5, 5.41) is 3.70. The fourth-order valence-corrected chi connectivity index (χ4v) is 3.28. The van der Waals surface area contributed by atoms with Crippen LogP contribution in [0, 0.1) is 13.8 Å². The van der Waals surface area contributed by atoms with Crippen molar-refractivity contribution in [2.45, 2.75) is 26.8 Å². The van der Waals surface area contributed by atoms with Gasteiger partial charge in [-0.05, 0) is 37.1 Å². The quantitative estimate of drug-likeness (QED) is 0.637. The molecule has 2 rings (SSSR count). The lowest BCUT2D eigenvalue weighted by Gasteiger charge is -2.08. The number of hydrogen-bond acceptors (Lipinski definition) is 4. The van der Waals surface area contributed by atoms with E-state index in [1.54, 1.807) is 26.0 Å². The predicted molar refractivity (Wildman–Crippen MR) is 105 cm³/mol. The monoisotopic (exact) mass is 389 g/mol. The summed E-state index contributed by atoms with van der Waals surface area (Å²) in [5.41, 5.74) is 2.56. The van der Waals surface area contributed by atoms with Gasteiger partial charge < -0.3 is 10.3 Å². The number of nitrogens with one attached hydrogen (secondary N) is 3. The lowest BCUT2D eigenvalue weighted by molar-refractivity contribution is -0.121. The van der Waals surface area contributed by atoms with Gasteiger partial charge in [-0.2, -0.15) is 0 Å². The maximum Gasteiger partial charge on any atom is 0.253 e. The minimum atomic E-state index is -3.63. The van der Waals surface area contributed by atoms with Crippen molar-refractivity contribution in [2.75, 3.05) is 6.54 Å². The summed E-state index contributed by atoms with van der Waals surface area (Å²) < 4.78 is 26.2. The molecule has 7 nitrogen and oxygen atoms in total. The Kier molecular flexibility index (Phi) is 7.09. The number of sulfonamides is 1. The maximum absolute atomic E-state index is 11.9. The summed E-state index contributed by atoms with van der Waals surface area (Å²) in [6.07, 6.45) is 1.45. The van der Waals surface area contributed by atoms with Crippen molar-refractivity contribution < 1.29 is 13.2 Å². The average Bonchev–Trinajstić information content (AvgIpc) is 2.60. The molecule has 1 aromatic carbocycles. The van der Waals surface area contributed by atoms with Gasteiger partial charge in [0.15, 0.2) is 0 Å². The Morgan fingerprint density at radius 1 is 1.19 bits per heavy atom. The number of amides is 1. The second-order valence-electron chi connectivity index (χ2n) is 6.12. The van der Waals surface area contributed by atoms with E-state index in [0.717, 1.165) is 22.2 Å². The number of H-pyrrole nitrogens is 1. The van der Waals surface area contributed by atoms with Crippen LogP contribution in [0.5, 0.6) is 0 Å². The molecule has 0 aliphatic rings. The number of aromatic nitrogens is 1. The zero-order valence-electron chi connectivity index (χ0n) is 15.3. The third-order valence-corrected chi connectivity index (χ3v) is 4.95. The third kappa shape index (κ3) is 6.84. The lowest BCUT2D eigenvalue weighted by atomic mass is 10.1. The van der Waals surface area contributed by atoms with Crippen molar-refractivity contribution in [3.63, 3.8) is 0 Å². The zero-order valence-corrected chi connectivity index (χ0v) is 16.1. The first-order valence-electron chi connectivity index (χ1n) is 8.46. The number of aryl methyl sites for hydroxylation is 2. The molecule has 0 unspecified atom stereocenters. The number of rotatable bonds is 8. The Morgan fingerprint density at radius 3 is 2.56 bits per heavy atom. The van der Waals surface area contributed by atoms with Gasteiger partial charge in [-0.1, -0.05) is 30.3 Å². The van der Waals surface area contributed by atoms with Crippen molar-refractivity contribution in [3.8, 4) is 0 Å². The van der Waals surface area contributed by atoms with Crippen molar-refractivity contribution in [3.05, 3.63) is 74.5 Å². The SMILES string of the molecule is Cc1cc(C)c(CNC(=O)CCNS(=O)(=O)/C=C/c2ccccc2)c(=O)[nH]1. The van der Waals surface area contributed by atoms with Gasteiger partial charge in [-0.15, -0.1) is 0 Å². The standard InChI is InChI=1S/C19H23N3O4S/c1-14-12-15(2)22-19(24)17(14)13-20-18(23)8-10-21-27(25,26)11-9-16-6-4-3-5-7-16/h3-7,9,11-12,21H,8,10,13H2,1-2H3,(H,20,23)(H,22,24)/b11-9+. The van der Waals surface area contributed by atoms with Crippen LogP contribution in [0.2, 0.25) is 0 Å². The summed E-state index contributed by atoms with van der Waals surface area (Å²) >= 11 is 0. The van der Waals surface area contributed by atoms with Crippen LogP contribution in [0.25, 0.3) is 6.08 Å². The largest absolute Gasteiger partial charge is 0.352 e. The van der Waals surface area contributed by atoms with Gasteiger partial charge in [0.2, 0.25) is 15.9 Å². The van der Waals surface area contributed by atoms with Crippen molar-refractivity contribution >= 4 is 22.0 Å². The molecule has 8 heteroatoms. The third-order valence-electron chi connectivity index (χ3n) is 3.85. The molecule has 0 radical (unpaired) electrons. The van der Waals surface area contributed by atoms with E-state index in [9.17, 15) is 18.0 Å². The molecule has 0 aliphatic carbocycles. The first kappa shape index (κ1) is 20.6. The first-order valence-corrected chi connectivity index (χ1v) is 10.0. The number of pyridine rings is 1. The van der Waals surface area contributed by atoms with Crippen molar-refractivity contribution in [1.82, 2.24) is 15.0 Å². The molecule has 1 aromatic heterocycles. The molecule has 0 saturated heterocycles. The van der Waals surface area contributed by atoms with E-state index in [-0.39, 0.29) is 31.0 Å².